The monoisotopic (exact) mass is 330 g/mol. The highest BCUT2D eigenvalue weighted by Gasteiger charge is 2.30. The summed E-state index contributed by atoms with van der Waals surface area (Å²) in [5.41, 5.74) is 7.13. The predicted molar refractivity (Wildman–Crippen MR) is 77.1 cm³/mol. The summed E-state index contributed by atoms with van der Waals surface area (Å²) >= 11 is 6.86. The van der Waals surface area contributed by atoms with Gasteiger partial charge in [-0.1, -0.05) is 11.6 Å². The molecule has 0 fully saturated rings. The van der Waals surface area contributed by atoms with E-state index in [0.717, 1.165) is 22.6 Å². The molecule has 0 saturated carbocycles. The van der Waals surface area contributed by atoms with Gasteiger partial charge in [0.1, 0.15) is 4.21 Å². The first-order valence-corrected chi connectivity index (χ1v) is 8.46. The molecule has 3 heterocycles. The van der Waals surface area contributed by atoms with Gasteiger partial charge >= 0.3 is 0 Å². The summed E-state index contributed by atoms with van der Waals surface area (Å²) in [6.45, 7) is 0.634. The summed E-state index contributed by atoms with van der Waals surface area (Å²) < 4.78 is 27.1. The zero-order valence-corrected chi connectivity index (χ0v) is 12.7. The quantitative estimate of drug-likeness (QED) is 0.901. The van der Waals surface area contributed by atoms with E-state index in [2.05, 4.69) is 9.97 Å². The van der Waals surface area contributed by atoms with E-state index in [-0.39, 0.29) is 16.7 Å². The van der Waals surface area contributed by atoms with Crippen LogP contribution in [0.4, 0.5) is 5.95 Å². The van der Waals surface area contributed by atoms with Crippen molar-refractivity contribution in [3.63, 3.8) is 0 Å². The normalized spacial score (nSPS) is 16.1. The molecule has 2 N–H and O–H groups in total. The van der Waals surface area contributed by atoms with Crippen molar-refractivity contribution in [1.29, 1.82) is 0 Å². The van der Waals surface area contributed by atoms with Gasteiger partial charge in [0.15, 0.2) is 0 Å². The largest absolute Gasteiger partial charge is 0.368 e. The Labute approximate surface area is 125 Å². The number of fused-ring (bicyclic) bond motifs is 1. The Morgan fingerprint density at radius 3 is 2.90 bits per heavy atom. The zero-order valence-electron chi connectivity index (χ0n) is 10.3. The second-order valence-corrected chi connectivity index (χ2v) is 8.23. The van der Waals surface area contributed by atoms with Crippen LogP contribution in [-0.4, -0.2) is 29.2 Å². The molecular weight excluding hydrogens is 320 g/mol. The number of halogens is 1. The van der Waals surface area contributed by atoms with Gasteiger partial charge in [-0.05, 0) is 12.1 Å². The van der Waals surface area contributed by atoms with Crippen LogP contribution < -0.4 is 5.73 Å². The summed E-state index contributed by atoms with van der Waals surface area (Å²) in [5, 5.41) is 0. The second kappa shape index (κ2) is 4.96. The minimum atomic E-state index is -3.51. The summed E-state index contributed by atoms with van der Waals surface area (Å²) in [6.07, 6.45) is 2.11. The zero-order chi connectivity index (χ0) is 14.3. The highest BCUT2D eigenvalue weighted by molar-refractivity contribution is 7.91. The smallest absolute Gasteiger partial charge is 0.252 e. The van der Waals surface area contributed by atoms with Crippen LogP contribution in [0, 0.1) is 0 Å². The predicted octanol–water partition coefficient (Wildman–Crippen LogP) is 1.52. The average molecular weight is 331 g/mol. The summed E-state index contributed by atoms with van der Waals surface area (Å²) in [7, 11) is -3.51. The molecule has 20 heavy (non-hydrogen) atoms. The molecule has 0 amide bonds. The molecule has 0 saturated heterocycles. The number of anilines is 1. The van der Waals surface area contributed by atoms with Gasteiger partial charge in [-0.15, -0.1) is 11.3 Å². The molecule has 1 aliphatic heterocycles. The van der Waals surface area contributed by atoms with Crippen molar-refractivity contribution >= 4 is 38.9 Å². The van der Waals surface area contributed by atoms with Crippen molar-refractivity contribution in [2.45, 2.75) is 17.2 Å². The third kappa shape index (κ3) is 2.39. The Morgan fingerprint density at radius 1 is 1.40 bits per heavy atom. The van der Waals surface area contributed by atoms with Crippen molar-refractivity contribution in [2.75, 3.05) is 12.3 Å². The molecule has 0 unspecified atom stereocenters. The maximum absolute atomic E-state index is 12.5. The van der Waals surface area contributed by atoms with Crippen LogP contribution in [0.2, 0.25) is 4.34 Å². The maximum atomic E-state index is 12.5. The SMILES string of the molecule is Nc1ncc2c(n1)CCN(S(=O)(=O)c1ccc(Cl)s1)C2. The van der Waals surface area contributed by atoms with Crippen LogP contribution in [0.25, 0.3) is 0 Å². The third-order valence-electron chi connectivity index (χ3n) is 3.06. The lowest BCUT2D eigenvalue weighted by molar-refractivity contribution is 0.388. The summed E-state index contributed by atoms with van der Waals surface area (Å²) in [4.78, 5) is 8.05. The maximum Gasteiger partial charge on any atom is 0.252 e. The van der Waals surface area contributed by atoms with Gasteiger partial charge in [-0.25, -0.2) is 18.4 Å². The molecule has 2 aromatic rings. The second-order valence-electron chi connectivity index (χ2n) is 4.35. The Hall–Kier alpha value is -1.22. The van der Waals surface area contributed by atoms with Gasteiger partial charge in [0.25, 0.3) is 10.0 Å². The van der Waals surface area contributed by atoms with Crippen molar-refractivity contribution in [3.05, 3.63) is 33.9 Å². The molecule has 9 heteroatoms. The Kier molecular flexibility index (Phi) is 3.41. The van der Waals surface area contributed by atoms with Crippen LogP contribution in [0.3, 0.4) is 0 Å². The molecule has 2 aromatic heterocycles. The number of hydrogen-bond donors (Lipinski definition) is 1. The first-order chi connectivity index (χ1) is 9.46. The van der Waals surface area contributed by atoms with Gasteiger partial charge in [-0.2, -0.15) is 4.31 Å². The van der Waals surface area contributed by atoms with Crippen LogP contribution in [-0.2, 0) is 23.0 Å². The fourth-order valence-corrected chi connectivity index (χ4v) is 5.13. The number of nitrogen functional groups attached to an aromatic ring is 1. The molecule has 0 spiro atoms. The number of nitrogens with two attached hydrogens (primary N) is 1. The van der Waals surface area contributed by atoms with Crippen molar-refractivity contribution in [3.8, 4) is 0 Å². The standard InChI is InChI=1S/C11H11ClN4O2S2/c12-9-1-2-10(19-9)20(17,18)16-4-3-8-7(6-16)5-14-11(13)15-8/h1-2,5H,3-4,6H2,(H2,13,14,15). The highest BCUT2D eigenvalue weighted by atomic mass is 35.5. The number of hydrogen-bond acceptors (Lipinski definition) is 6. The Bertz CT molecular complexity index is 760. The minimum absolute atomic E-state index is 0.213. The van der Waals surface area contributed by atoms with Gasteiger partial charge < -0.3 is 5.73 Å². The molecule has 106 valence electrons. The number of nitrogens with zero attached hydrogens (tertiary/aromatic N) is 3. The van der Waals surface area contributed by atoms with E-state index < -0.39 is 10.0 Å². The average Bonchev–Trinajstić information content (AvgIpc) is 2.85. The third-order valence-corrected chi connectivity index (χ3v) is 6.60. The van der Waals surface area contributed by atoms with Gasteiger partial charge in [-0.3, -0.25) is 0 Å². The van der Waals surface area contributed by atoms with Gasteiger partial charge in [0, 0.05) is 31.3 Å². The molecule has 0 aliphatic carbocycles. The molecule has 0 aromatic carbocycles. The molecule has 1 aliphatic rings. The summed E-state index contributed by atoms with van der Waals surface area (Å²) in [5.74, 6) is 0.213. The lowest BCUT2D eigenvalue weighted by Crippen LogP contribution is -2.36. The van der Waals surface area contributed by atoms with E-state index in [1.165, 1.54) is 10.4 Å². The van der Waals surface area contributed by atoms with E-state index in [9.17, 15) is 8.42 Å². The first kappa shape index (κ1) is 13.7. The van der Waals surface area contributed by atoms with Gasteiger partial charge in [0.05, 0.1) is 10.0 Å². The highest BCUT2D eigenvalue weighted by Crippen LogP contribution is 2.30. The van der Waals surface area contributed by atoms with Crippen LogP contribution in [0.1, 0.15) is 11.3 Å². The number of sulfonamides is 1. The van der Waals surface area contributed by atoms with Crippen molar-refractivity contribution < 1.29 is 8.42 Å². The topological polar surface area (TPSA) is 89.2 Å². The fraction of sp³-hybridized carbons (Fsp3) is 0.273. The fourth-order valence-electron chi connectivity index (χ4n) is 2.07. The van der Waals surface area contributed by atoms with E-state index in [4.69, 9.17) is 17.3 Å². The lowest BCUT2D eigenvalue weighted by Gasteiger charge is -2.26. The van der Waals surface area contributed by atoms with E-state index in [0.29, 0.717) is 17.3 Å². The number of aromatic nitrogens is 2. The van der Waals surface area contributed by atoms with E-state index in [1.54, 1.807) is 12.3 Å². The van der Waals surface area contributed by atoms with Crippen LogP contribution in [0.5, 0.6) is 0 Å². The molecule has 3 rings (SSSR count). The van der Waals surface area contributed by atoms with E-state index >= 15 is 0 Å². The number of thiophene rings is 1. The molecular formula is C11H11ClN4O2S2. The first-order valence-electron chi connectivity index (χ1n) is 5.82. The van der Waals surface area contributed by atoms with Crippen molar-refractivity contribution in [1.82, 2.24) is 14.3 Å². The molecule has 6 nitrogen and oxygen atoms in total. The van der Waals surface area contributed by atoms with Crippen LogP contribution in [0.15, 0.2) is 22.5 Å². The number of rotatable bonds is 2. The molecule has 0 radical (unpaired) electrons. The molecule has 0 atom stereocenters. The Balaban J connectivity index is 1.92. The lowest BCUT2D eigenvalue weighted by atomic mass is 10.1. The van der Waals surface area contributed by atoms with E-state index in [1.807, 2.05) is 0 Å². The van der Waals surface area contributed by atoms with Crippen LogP contribution >= 0.6 is 22.9 Å². The van der Waals surface area contributed by atoms with Gasteiger partial charge in [0.2, 0.25) is 5.95 Å². The Morgan fingerprint density at radius 2 is 2.20 bits per heavy atom. The molecule has 0 bridgehead atoms. The van der Waals surface area contributed by atoms with Crippen molar-refractivity contribution in [2.24, 2.45) is 0 Å². The summed E-state index contributed by atoms with van der Waals surface area (Å²) in [6, 6.07) is 3.11. The minimum Gasteiger partial charge on any atom is -0.368 e.